The number of rotatable bonds is 9. The van der Waals surface area contributed by atoms with Crippen molar-refractivity contribution in [3.63, 3.8) is 0 Å². The van der Waals surface area contributed by atoms with E-state index in [4.69, 9.17) is 4.74 Å². The molecule has 0 saturated carbocycles. The molecule has 190 valence electrons. The molecular weight excluding hydrogens is 468 g/mol. The van der Waals surface area contributed by atoms with Crippen LogP contribution < -0.4 is 33.5 Å². The summed E-state index contributed by atoms with van der Waals surface area (Å²) in [6, 6.07) is 16.1. The van der Waals surface area contributed by atoms with Crippen LogP contribution in [-0.2, 0) is 27.3 Å². The minimum absolute atomic E-state index is 0. The van der Waals surface area contributed by atoms with Crippen molar-refractivity contribution >= 4 is 17.7 Å². The molecule has 1 aliphatic heterocycles. The highest BCUT2D eigenvalue weighted by Gasteiger charge is 2.31. The average Bonchev–Trinajstić information content (AvgIpc) is 2.87. The molecule has 1 fully saturated rings. The second-order valence-electron chi connectivity index (χ2n) is 8.82. The Hall–Kier alpha value is -3.10. The van der Waals surface area contributed by atoms with Gasteiger partial charge in [-0.1, -0.05) is 42.5 Å². The molecule has 35 heavy (non-hydrogen) atoms. The van der Waals surface area contributed by atoms with E-state index in [0.717, 1.165) is 16.9 Å². The summed E-state index contributed by atoms with van der Waals surface area (Å²) < 4.78 is 5.17. The lowest BCUT2D eigenvalue weighted by atomic mass is 9.94. The molecule has 8 nitrogen and oxygen atoms in total. The molecule has 1 saturated heterocycles. The summed E-state index contributed by atoms with van der Waals surface area (Å²) in [5, 5.41) is 5.91. The molecule has 2 aromatic rings. The zero-order chi connectivity index (χ0) is 24.5. The van der Waals surface area contributed by atoms with Crippen molar-refractivity contribution in [2.45, 2.75) is 44.8 Å². The van der Waals surface area contributed by atoms with Crippen LogP contribution in [0.3, 0.4) is 0 Å². The van der Waals surface area contributed by atoms with Crippen LogP contribution in [0.1, 0.15) is 30.9 Å². The Kier molecular flexibility index (Phi) is 11.0. The summed E-state index contributed by atoms with van der Waals surface area (Å²) in [4.78, 5) is 40.0. The normalized spacial score (nSPS) is 15.3. The molecule has 1 aliphatic rings. The summed E-state index contributed by atoms with van der Waals surface area (Å²) in [7, 11) is 1.61. The zero-order valence-corrected chi connectivity index (χ0v) is 21.1. The van der Waals surface area contributed by atoms with Gasteiger partial charge in [-0.15, -0.1) is 0 Å². The third kappa shape index (κ3) is 8.26. The number of hydrogen-bond donors (Lipinski definition) is 3. The topological polar surface area (TPSA) is 115 Å². The maximum absolute atomic E-state index is 13.1. The molecule has 1 heterocycles. The van der Waals surface area contributed by atoms with Gasteiger partial charge >= 0.3 is 0 Å². The lowest BCUT2D eigenvalue weighted by Gasteiger charge is -2.32. The molecule has 0 radical (unpaired) electrons. The quantitative estimate of drug-likeness (QED) is 0.365. The minimum Gasteiger partial charge on any atom is -1.00 e. The molecule has 3 rings (SSSR count). The zero-order valence-electron chi connectivity index (χ0n) is 20.3. The molecule has 0 aromatic heterocycles. The number of likely N-dealkylation sites (tertiary alicyclic amines) is 1. The van der Waals surface area contributed by atoms with Crippen molar-refractivity contribution in [1.29, 1.82) is 0 Å². The lowest BCUT2D eigenvalue weighted by Crippen LogP contribution is -3.00. The van der Waals surface area contributed by atoms with Crippen LogP contribution >= 0.6 is 0 Å². The van der Waals surface area contributed by atoms with Gasteiger partial charge in [0.05, 0.1) is 7.11 Å². The molecule has 0 aliphatic carbocycles. The van der Waals surface area contributed by atoms with Gasteiger partial charge in [0.1, 0.15) is 11.8 Å². The molecule has 5 N–H and O–H groups in total. The number of hydrogen-bond acceptors (Lipinski definition) is 4. The van der Waals surface area contributed by atoms with Crippen molar-refractivity contribution in [2.75, 3.05) is 20.2 Å². The molecule has 9 heteroatoms. The van der Waals surface area contributed by atoms with E-state index < -0.39 is 6.04 Å². The first-order valence-corrected chi connectivity index (χ1v) is 11.7. The van der Waals surface area contributed by atoms with Gasteiger partial charge < -0.3 is 38.4 Å². The highest BCUT2D eigenvalue weighted by atomic mass is 35.5. The van der Waals surface area contributed by atoms with Gasteiger partial charge in [-0.25, -0.2) is 0 Å². The van der Waals surface area contributed by atoms with Gasteiger partial charge in [0, 0.05) is 32.0 Å². The molecule has 0 spiro atoms. The third-order valence-electron chi connectivity index (χ3n) is 6.14. The monoisotopic (exact) mass is 502 g/mol. The van der Waals surface area contributed by atoms with Gasteiger partial charge in [0.15, 0.2) is 6.04 Å². The molecule has 0 unspecified atom stereocenters. The molecule has 3 amide bonds. The van der Waals surface area contributed by atoms with Crippen molar-refractivity contribution in [2.24, 2.45) is 5.92 Å². The SMILES string of the molecule is COc1ccc(CNC(=O)[C@H](Cc2ccccc2)NC(=O)C2CCN(C(=O)[C@H](C)[NH3+])CC2)cc1.[Cl-]. The second-order valence-corrected chi connectivity index (χ2v) is 8.82. The maximum atomic E-state index is 13.1. The second kappa shape index (κ2) is 13.7. The number of benzene rings is 2. The number of carbonyl (C=O) groups excluding carboxylic acids is 3. The summed E-state index contributed by atoms with van der Waals surface area (Å²) in [5.41, 5.74) is 5.70. The van der Waals surface area contributed by atoms with Crippen molar-refractivity contribution in [1.82, 2.24) is 15.5 Å². The Morgan fingerprint density at radius 1 is 1.03 bits per heavy atom. The van der Waals surface area contributed by atoms with E-state index in [0.29, 0.717) is 38.9 Å². The largest absolute Gasteiger partial charge is 1.00 e. The fraction of sp³-hybridized carbons (Fsp3) is 0.423. The number of nitrogens with one attached hydrogen (secondary N) is 2. The Morgan fingerprint density at radius 2 is 1.66 bits per heavy atom. The summed E-state index contributed by atoms with van der Waals surface area (Å²) in [6.07, 6.45) is 1.56. The number of nitrogens with zero attached hydrogens (tertiary/aromatic N) is 1. The standard InChI is InChI=1S/C26H34N4O4.ClH/c1-18(27)26(33)30-14-12-21(13-15-30)24(31)29-23(16-19-6-4-3-5-7-19)25(32)28-17-20-8-10-22(34-2)11-9-20;/h3-11,18,21,23H,12-17,27H2,1-2H3,(H,28,32)(H,29,31);1H/t18-,23-;/m0./s1. The van der Waals surface area contributed by atoms with E-state index in [1.165, 1.54) is 0 Å². The summed E-state index contributed by atoms with van der Waals surface area (Å²) >= 11 is 0. The predicted octanol–water partition coefficient (Wildman–Crippen LogP) is -2.09. The van der Waals surface area contributed by atoms with E-state index >= 15 is 0 Å². The van der Waals surface area contributed by atoms with Crippen molar-refractivity contribution in [3.05, 3.63) is 65.7 Å². The predicted molar refractivity (Wildman–Crippen MR) is 129 cm³/mol. The first-order chi connectivity index (χ1) is 16.4. The first kappa shape index (κ1) is 28.1. The summed E-state index contributed by atoms with van der Waals surface area (Å²) in [5.74, 6) is 0.166. The van der Waals surface area contributed by atoms with Gasteiger partial charge in [-0.05, 0) is 43.0 Å². The fourth-order valence-corrected chi connectivity index (χ4v) is 4.08. The highest BCUT2D eigenvalue weighted by molar-refractivity contribution is 5.89. The van der Waals surface area contributed by atoms with Crippen LogP contribution in [-0.4, -0.2) is 54.9 Å². The number of amides is 3. The van der Waals surface area contributed by atoms with Crippen LogP contribution in [0.4, 0.5) is 0 Å². The summed E-state index contributed by atoms with van der Waals surface area (Å²) in [6.45, 7) is 3.20. The number of halogens is 1. The van der Waals surface area contributed by atoms with E-state index in [1.807, 2.05) is 54.6 Å². The Balaban J connectivity index is 0.00000432. The number of ether oxygens (including phenoxy) is 1. The number of carbonyl (C=O) groups is 3. The first-order valence-electron chi connectivity index (χ1n) is 11.7. The average molecular weight is 503 g/mol. The lowest BCUT2D eigenvalue weighted by molar-refractivity contribution is -0.400. The Bertz CT molecular complexity index is 961. The highest BCUT2D eigenvalue weighted by Crippen LogP contribution is 2.18. The van der Waals surface area contributed by atoms with Crippen molar-refractivity contribution in [3.8, 4) is 5.75 Å². The van der Waals surface area contributed by atoms with Gasteiger partial charge in [-0.2, -0.15) is 0 Å². The molecule has 0 bridgehead atoms. The van der Waals surface area contributed by atoms with E-state index in [-0.39, 0.29) is 42.1 Å². The van der Waals surface area contributed by atoms with Gasteiger partial charge in [0.25, 0.3) is 5.91 Å². The number of methoxy groups -OCH3 is 1. The Labute approximate surface area is 213 Å². The molecule has 2 aromatic carbocycles. The van der Waals surface area contributed by atoms with E-state index in [1.54, 1.807) is 18.9 Å². The van der Waals surface area contributed by atoms with E-state index in [2.05, 4.69) is 16.4 Å². The van der Waals surface area contributed by atoms with Crippen LogP contribution in [0.15, 0.2) is 54.6 Å². The van der Waals surface area contributed by atoms with Crippen LogP contribution in [0.25, 0.3) is 0 Å². The maximum Gasteiger partial charge on any atom is 0.280 e. The fourth-order valence-electron chi connectivity index (χ4n) is 4.08. The van der Waals surface area contributed by atoms with Gasteiger partial charge in [-0.3, -0.25) is 14.4 Å². The van der Waals surface area contributed by atoms with Gasteiger partial charge in [0.2, 0.25) is 11.8 Å². The van der Waals surface area contributed by atoms with Crippen LogP contribution in [0.2, 0.25) is 0 Å². The van der Waals surface area contributed by atoms with Crippen molar-refractivity contribution < 1.29 is 37.3 Å². The molecule has 2 atom stereocenters. The third-order valence-corrected chi connectivity index (χ3v) is 6.14. The Morgan fingerprint density at radius 3 is 2.23 bits per heavy atom. The minimum atomic E-state index is -0.687. The number of piperidine rings is 1. The van der Waals surface area contributed by atoms with Crippen LogP contribution in [0, 0.1) is 5.92 Å². The van der Waals surface area contributed by atoms with E-state index in [9.17, 15) is 14.4 Å². The molecular formula is C26H35ClN4O4. The van der Waals surface area contributed by atoms with Crippen LogP contribution in [0.5, 0.6) is 5.75 Å². The smallest absolute Gasteiger partial charge is 0.280 e. The number of quaternary nitrogens is 1.